The lowest BCUT2D eigenvalue weighted by Gasteiger charge is -2.25. The zero-order chi connectivity index (χ0) is 69.0. The fourth-order valence-corrected chi connectivity index (χ4v) is 12.3. The summed E-state index contributed by atoms with van der Waals surface area (Å²) in [4.78, 5) is 37.8. The molecule has 0 amide bonds. The van der Waals surface area contributed by atoms with E-state index in [1.165, 1.54) is 295 Å². The predicted octanol–water partition coefficient (Wildman–Crippen LogP) is 26.4. The lowest BCUT2D eigenvalue weighted by atomic mass is 10.0. The molecule has 0 aliphatic carbocycles. The highest BCUT2D eigenvalue weighted by molar-refractivity contribution is 5.71. The highest BCUT2D eigenvalue weighted by Gasteiger charge is 2.25. The molecule has 9 nitrogen and oxygen atoms in total. The van der Waals surface area contributed by atoms with Gasteiger partial charge in [-0.05, 0) is 64.2 Å². The number of hydrogen-bond donors (Lipinski definition) is 1. The van der Waals surface area contributed by atoms with Gasteiger partial charge in [0.05, 0.1) is 34.4 Å². The number of aliphatic carboxylic acids is 1. The van der Waals surface area contributed by atoms with Crippen LogP contribution in [0.25, 0.3) is 0 Å². The molecule has 9 heteroatoms. The Morgan fingerprint density at radius 1 is 0.326 bits per heavy atom. The standard InChI is InChI=1S/C86H157NO8/c1-6-8-10-12-14-16-18-20-22-24-26-28-30-32-34-36-38-39-40-41-42-43-44-45-47-49-51-53-55-57-59-61-63-65-67-69-71-73-75-77-84(89)95-82(81-94-86(85(90)91)92-79-78-87(3,4)5)80-93-83(88)76-74-72-70-68-66-64-62-60-58-56-54-52-50-48-46-37-35-33-31-29-27-25-23-21-19-17-15-13-11-9-7-2/h8,10,14,16,20,22,26,28,32,34,38-39,82,86H,6-7,9,11-13,15,17-19,21,23-25,27,29-31,33,35-37,40-81H2,1-5H3/p+1/b10-8-,16-14-,22-20-,28-26-,34-32-,39-38-. The van der Waals surface area contributed by atoms with Crippen LogP contribution >= 0.6 is 0 Å². The van der Waals surface area contributed by atoms with E-state index in [1.54, 1.807) is 0 Å². The molecule has 554 valence electrons. The Bertz CT molecular complexity index is 1790. The zero-order valence-corrected chi connectivity index (χ0v) is 63.6. The molecule has 0 aliphatic rings. The van der Waals surface area contributed by atoms with Crippen LogP contribution in [0.2, 0.25) is 0 Å². The maximum absolute atomic E-state index is 13.0. The van der Waals surface area contributed by atoms with Gasteiger partial charge in [0, 0.05) is 12.8 Å². The van der Waals surface area contributed by atoms with Gasteiger partial charge in [-0.2, -0.15) is 0 Å². The summed E-state index contributed by atoms with van der Waals surface area (Å²) < 4.78 is 23.1. The predicted molar refractivity (Wildman–Crippen MR) is 410 cm³/mol. The van der Waals surface area contributed by atoms with Gasteiger partial charge in [0.1, 0.15) is 13.2 Å². The molecule has 0 fully saturated rings. The Morgan fingerprint density at radius 3 is 0.895 bits per heavy atom. The van der Waals surface area contributed by atoms with E-state index in [0.29, 0.717) is 17.4 Å². The van der Waals surface area contributed by atoms with Gasteiger partial charge >= 0.3 is 17.9 Å². The summed E-state index contributed by atoms with van der Waals surface area (Å²) in [6, 6.07) is 0. The van der Waals surface area contributed by atoms with Crippen LogP contribution in [0.4, 0.5) is 0 Å². The SMILES string of the molecule is CC/C=C\C/C=C\C/C=C\C/C=C\C/C=C\C/C=C\CCCCCCCCCCCCCCCCCCCCCCC(=O)OC(COC(=O)CCCCCCCCCCCCCCCCCCCCCCCCCCCCCCCCC)COC(OCC[N+](C)(C)C)C(=O)O. The number of ether oxygens (including phenoxy) is 4. The number of unbranched alkanes of at least 4 members (excludes halogenated alkanes) is 50. The molecule has 2 atom stereocenters. The van der Waals surface area contributed by atoms with E-state index in [2.05, 4.69) is 86.8 Å². The molecule has 0 aromatic carbocycles. The number of carbonyl (C=O) groups is 3. The average molecular weight is 1330 g/mol. The van der Waals surface area contributed by atoms with Crippen molar-refractivity contribution in [3.05, 3.63) is 72.9 Å². The summed E-state index contributed by atoms with van der Waals surface area (Å²) in [5, 5.41) is 9.78. The van der Waals surface area contributed by atoms with E-state index in [4.69, 9.17) is 18.9 Å². The van der Waals surface area contributed by atoms with Crippen molar-refractivity contribution in [2.45, 2.75) is 411 Å². The quantitative estimate of drug-likeness (QED) is 0.0211. The molecule has 0 saturated heterocycles. The maximum atomic E-state index is 13.0. The highest BCUT2D eigenvalue weighted by atomic mass is 16.7. The maximum Gasteiger partial charge on any atom is 0.361 e. The lowest BCUT2D eigenvalue weighted by Crippen LogP contribution is -2.40. The minimum absolute atomic E-state index is 0.177. The van der Waals surface area contributed by atoms with Crippen LogP contribution in [0, 0.1) is 0 Å². The Hall–Kier alpha value is -3.27. The van der Waals surface area contributed by atoms with Gasteiger partial charge in [-0.25, -0.2) is 4.79 Å². The Labute approximate surface area is 589 Å². The molecule has 2 unspecified atom stereocenters. The summed E-state index contributed by atoms with van der Waals surface area (Å²) in [5.74, 6) is -1.97. The first kappa shape index (κ1) is 91.7. The van der Waals surface area contributed by atoms with Gasteiger partial charge in [0.15, 0.2) is 6.10 Å². The van der Waals surface area contributed by atoms with E-state index in [0.717, 1.165) is 77.0 Å². The summed E-state index contributed by atoms with van der Waals surface area (Å²) in [6.07, 6.45) is 101. The van der Waals surface area contributed by atoms with E-state index >= 15 is 0 Å². The molecule has 0 spiro atoms. The van der Waals surface area contributed by atoms with Crippen molar-refractivity contribution < 1.29 is 42.9 Å². The van der Waals surface area contributed by atoms with Crippen LogP contribution in [-0.2, 0) is 33.3 Å². The first-order valence-corrected chi connectivity index (χ1v) is 41.1. The molecule has 0 aromatic rings. The lowest BCUT2D eigenvalue weighted by molar-refractivity contribution is -0.870. The van der Waals surface area contributed by atoms with Crippen LogP contribution in [0.15, 0.2) is 72.9 Å². The molecule has 0 rings (SSSR count). The van der Waals surface area contributed by atoms with Crippen molar-refractivity contribution in [2.24, 2.45) is 0 Å². The second-order valence-electron chi connectivity index (χ2n) is 29.1. The molecule has 0 aliphatic heterocycles. The molecule has 0 aromatic heterocycles. The molecular weight excluding hydrogens is 1170 g/mol. The first-order chi connectivity index (χ1) is 46.6. The average Bonchev–Trinajstić information content (AvgIpc) is 2.92. The number of allylic oxidation sites excluding steroid dienone is 12. The molecule has 0 heterocycles. The van der Waals surface area contributed by atoms with Gasteiger partial charge in [-0.3, -0.25) is 9.59 Å². The van der Waals surface area contributed by atoms with Gasteiger partial charge < -0.3 is 28.5 Å². The van der Waals surface area contributed by atoms with Crippen LogP contribution in [0.3, 0.4) is 0 Å². The van der Waals surface area contributed by atoms with Crippen molar-refractivity contribution >= 4 is 17.9 Å². The van der Waals surface area contributed by atoms with Gasteiger partial charge in [-0.1, -0.05) is 395 Å². The monoisotopic (exact) mass is 1330 g/mol. The third-order valence-corrected chi connectivity index (χ3v) is 18.5. The number of carbonyl (C=O) groups excluding carboxylic acids is 2. The number of quaternary nitrogens is 1. The fraction of sp³-hybridized carbons (Fsp3) is 0.826. The van der Waals surface area contributed by atoms with Crippen LogP contribution in [0.5, 0.6) is 0 Å². The van der Waals surface area contributed by atoms with Gasteiger partial charge in [-0.15, -0.1) is 0 Å². The fourth-order valence-electron chi connectivity index (χ4n) is 12.3. The van der Waals surface area contributed by atoms with E-state index in [9.17, 15) is 19.5 Å². The summed E-state index contributed by atoms with van der Waals surface area (Å²) in [7, 11) is 6.00. The number of esters is 2. The first-order valence-electron chi connectivity index (χ1n) is 41.1. The Kier molecular flexibility index (Phi) is 73.9. The van der Waals surface area contributed by atoms with Crippen LogP contribution in [-0.4, -0.2) is 87.4 Å². The van der Waals surface area contributed by atoms with Crippen molar-refractivity contribution in [1.29, 1.82) is 0 Å². The number of rotatable bonds is 77. The largest absolute Gasteiger partial charge is 0.477 e. The normalized spacial score (nSPS) is 13.0. The van der Waals surface area contributed by atoms with Crippen molar-refractivity contribution in [3.63, 3.8) is 0 Å². The van der Waals surface area contributed by atoms with E-state index < -0.39 is 18.4 Å². The van der Waals surface area contributed by atoms with Crippen molar-refractivity contribution in [1.82, 2.24) is 0 Å². The Balaban J connectivity index is 3.97. The van der Waals surface area contributed by atoms with Crippen LogP contribution < -0.4 is 0 Å². The van der Waals surface area contributed by atoms with Crippen molar-refractivity contribution in [2.75, 3.05) is 47.5 Å². The minimum Gasteiger partial charge on any atom is -0.477 e. The van der Waals surface area contributed by atoms with Crippen LogP contribution in [0.1, 0.15) is 399 Å². The van der Waals surface area contributed by atoms with E-state index in [1.807, 2.05) is 21.1 Å². The van der Waals surface area contributed by atoms with Gasteiger partial charge in [0.25, 0.3) is 6.29 Å². The summed E-state index contributed by atoms with van der Waals surface area (Å²) in [6.45, 7) is 4.84. The number of hydrogen-bond acceptors (Lipinski definition) is 7. The topological polar surface area (TPSA) is 108 Å². The molecule has 0 bridgehead atoms. The number of likely N-dealkylation sites (N-methyl/N-ethyl adjacent to an activating group) is 1. The number of carboxylic acids is 1. The molecule has 95 heavy (non-hydrogen) atoms. The second-order valence-corrected chi connectivity index (χ2v) is 29.1. The minimum atomic E-state index is -1.51. The molecule has 1 N–H and O–H groups in total. The number of carboxylic acid groups (broad SMARTS) is 1. The highest BCUT2D eigenvalue weighted by Crippen LogP contribution is 2.20. The summed E-state index contributed by atoms with van der Waals surface area (Å²) in [5.41, 5.74) is 0. The van der Waals surface area contributed by atoms with E-state index in [-0.39, 0.29) is 38.2 Å². The third-order valence-electron chi connectivity index (χ3n) is 18.5. The molecule has 0 radical (unpaired) electrons. The zero-order valence-electron chi connectivity index (χ0n) is 63.6. The third kappa shape index (κ3) is 77.9. The summed E-state index contributed by atoms with van der Waals surface area (Å²) >= 11 is 0. The number of nitrogens with zero attached hydrogens (tertiary/aromatic N) is 1. The van der Waals surface area contributed by atoms with Gasteiger partial charge in [0.2, 0.25) is 0 Å². The smallest absolute Gasteiger partial charge is 0.361 e. The second kappa shape index (κ2) is 76.5. The Morgan fingerprint density at radius 2 is 0.600 bits per heavy atom. The molecular formula is C86H158NO8+. The molecule has 0 saturated carbocycles. The van der Waals surface area contributed by atoms with Crippen molar-refractivity contribution in [3.8, 4) is 0 Å².